The molecule has 0 saturated carbocycles. The quantitative estimate of drug-likeness (QED) is 0.101. The van der Waals surface area contributed by atoms with E-state index in [2.05, 4.69) is 36.0 Å². The van der Waals surface area contributed by atoms with Crippen LogP contribution in [0.1, 0.15) is 0 Å². The summed E-state index contributed by atoms with van der Waals surface area (Å²) in [4.78, 5) is 9.51. The number of nitrogens with zero attached hydrogens (tertiary/aromatic N) is 5. The molecule has 0 aliphatic heterocycles. The fourth-order valence-electron chi connectivity index (χ4n) is 3.00. The molecule has 0 saturated heterocycles. The van der Waals surface area contributed by atoms with Crippen molar-refractivity contribution in [2.45, 2.75) is 9.79 Å². The second-order valence-electron chi connectivity index (χ2n) is 6.91. The van der Waals surface area contributed by atoms with E-state index >= 15 is 0 Å². The summed E-state index contributed by atoms with van der Waals surface area (Å²) in [5.41, 5.74) is 5.57. The van der Waals surface area contributed by atoms with Gasteiger partial charge in [0.25, 0.3) is 5.95 Å². The van der Waals surface area contributed by atoms with E-state index < -0.39 is 30.0 Å². The Bertz CT molecular complexity index is 1710. The third-order valence-corrected chi connectivity index (χ3v) is 6.52. The maximum Gasteiger partial charge on any atom is 1.00 e. The van der Waals surface area contributed by atoms with Gasteiger partial charge in [0.2, 0.25) is 10.6 Å². The van der Waals surface area contributed by atoms with Crippen molar-refractivity contribution in [1.29, 1.82) is 0 Å². The first-order valence-corrected chi connectivity index (χ1v) is 13.1. The molecule has 3 aromatic carbocycles. The maximum atomic E-state index is 12.0. The number of hydrogen-bond donors (Lipinski definition) is 2. The average Bonchev–Trinajstić information content (AvgIpc) is 2.79. The summed E-state index contributed by atoms with van der Waals surface area (Å²) in [6.45, 7) is 0. The van der Waals surface area contributed by atoms with Crippen LogP contribution in [0.25, 0.3) is 10.8 Å². The molecule has 0 aliphatic rings. The average molecular weight is 614 g/mol. The first-order valence-electron chi connectivity index (χ1n) is 9.50. The second-order valence-corrected chi connectivity index (χ2v) is 10.3. The minimum atomic E-state index is -5.05. The van der Waals surface area contributed by atoms with Crippen molar-refractivity contribution in [3.05, 3.63) is 65.2 Å². The SMILES string of the molecule is O=S(=O)([O-])c1cc(N=Nc2nc(Cl)nc(Cl)n2)c2cc(NNc3ccccc3)c(S(=O)(=O)[O-])cc2c1.[Na+].[Na+]. The van der Waals surface area contributed by atoms with Crippen molar-refractivity contribution in [1.82, 2.24) is 15.0 Å². The standard InChI is InChI=1S/C19H13Cl2N7O6S2.2Na/c20-17-22-18(21)24-19(23-17)28-26-14-8-12(35(29,30)31)6-10-7-16(36(32,33)34)15(9-13(10)14)27-25-11-4-2-1-3-5-11;;/h1-9,25,27H,(H,29,30,31)(H,32,33,34);;/q;2*+1/p-2. The molecule has 0 radical (unpaired) electrons. The minimum Gasteiger partial charge on any atom is -0.744 e. The Morgan fingerprint density at radius 2 is 1.39 bits per heavy atom. The van der Waals surface area contributed by atoms with Gasteiger partial charge in [-0.2, -0.15) is 15.0 Å². The fraction of sp³-hybridized carbons (Fsp3) is 0. The number of hydrazine groups is 1. The number of anilines is 2. The topological polar surface area (TPSA) is 202 Å². The van der Waals surface area contributed by atoms with Gasteiger partial charge in [-0.05, 0) is 65.0 Å². The number of aromatic nitrogens is 3. The molecule has 0 unspecified atom stereocenters. The van der Waals surface area contributed by atoms with Gasteiger partial charge in [-0.15, -0.1) is 10.2 Å². The van der Waals surface area contributed by atoms with Crippen molar-refractivity contribution in [2.24, 2.45) is 10.2 Å². The summed E-state index contributed by atoms with van der Waals surface area (Å²) < 4.78 is 71.0. The monoisotopic (exact) mass is 613 g/mol. The number of para-hydroxylation sites is 1. The molecule has 0 atom stereocenters. The van der Waals surface area contributed by atoms with Gasteiger partial charge in [-0.3, -0.25) is 5.43 Å². The van der Waals surface area contributed by atoms with E-state index in [1.165, 1.54) is 6.07 Å². The number of nitrogens with one attached hydrogen (secondary N) is 2. The molecule has 0 spiro atoms. The van der Waals surface area contributed by atoms with Crippen LogP contribution < -0.4 is 70.0 Å². The van der Waals surface area contributed by atoms with Gasteiger partial charge in [-0.1, -0.05) is 18.2 Å². The van der Waals surface area contributed by atoms with E-state index in [0.717, 1.165) is 18.2 Å². The first kappa shape index (κ1) is 32.7. The molecular weight excluding hydrogens is 603 g/mol. The predicted molar refractivity (Wildman–Crippen MR) is 128 cm³/mol. The third-order valence-electron chi connectivity index (χ3n) is 4.49. The molecule has 0 fully saturated rings. The van der Waals surface area contributed by atoms with Crippen LogP contribution in [-0.2, 0) is 20.2 Å². The number of azo groups is 1. The molecule has 13 nitrogen and oxygen atoms in total. The molecule has 186 valence electrons. The molecule has 1 aromatic heterocycles. The summed E-state index contributed by atoms with van der Waals surface area (Å²) in [6.07, 6.45) is 0. The summed E-state index contributed by atoms with van der Waals surface area (Å²) in [7, 11) is -10.1. The van der Waals surface area contributed by atoms with E-state index in [-0.39, 0.29) is 97.8 Å². The van der Waals surface area contributed by atoms with Crippen LogP contribution in [0.5, 0.6) is 0 Å². The van der Waals surface area contributed by atoms with Crippen molar-refractivity contribution in [3.8, 4) is 0 Å². The Kier molecular flexibility index (Phi) is 11.4. The number of fused-ring (bicyclic) bond motifs is 1. The van der Waals surface area contributed by atoms with Gasteiger partial charge in [-0.25, -0.2) is 16.8 Å². The van der Waals surface area contributed by atoms with E-state index in [1.807, 2.05) is 0 Å². The Morgan fingerprint density at radius 1 is 0.763 bits per heavy atom. The molecule has 2 N–H and O–H groups in total. The maximum absolute atomic E-state index is 12.0. The largest absolute Gasteiger partial charge is 1.00 e. The van der Waals surface area contributed by atoms with Crippen molar-refractivity contribution < 1.29 is 85.1 Å². The summed E-state index contributed by atoms with van der Waals surface area (Å²) in [5, 5.41) is 7.10. The number of rotatable bonds is 7. The van der Waals surface area contributed by atoms with Gasteiger partial charge in [0.15, 0.2) is 0 Å². The van der Waals surface area contributed by atoms with Crippen LogP contribution in [0.2, 0.25) is 10.6 Å². The van der Waals surface area contributed by atoms with E-state index in [9.17, 15) is 25.9 Å². The Morgan fingerprint density at radius 3 is 1.97 bits per heavy atom. The number of benzene rings is 3. The van der Waals surface area contributed by atoms with Crippen molar-refractivity contribution in [3.63, 3.8) is 0 Å². The number of hydrogen-bond acceptors (Lipinski definition) is 13. The van der Waals surface area contributed by atoms with Gasteiger partial charge >= 0.3 is 59.1 Å². The Labute approximate surface area is 270 Å². The van der Waals surface area contributed by atoms with Crippen molar-refractivity contribution in [2.75, 3.05) is 10.9 Å². The van der Waals surface area contributed by atoms with Gasteiger partial charge in [0, 0.05) is 5.39 Å². The first-order chi connectivity index (χ1) is 16.9. The zero-order valence-corrected chi connectivity index (χ0v) is 26.6. The third kappa shape index (κ3) is 8.27. The van der Waals surface area contributed by atoms with Gasteiger partial charge in [0.1, 0.15) is 20.2 Å². The van der Waals surface area contributed by atoms with Crippen LogP contribution in [0.3, 0.4) is 0 Å². The van der Waals surface area contributed by atoms with Crippen LogP contribution >= 0.6 is 23.2 Å². The van der Waals surface area contributed by atoms with Crippen LogP contribution in [-0.4, -0.2) is 40.9 Å². The zero-order valence-electron chi connectivity index (χ0n) is 19.5. The van der Waals surface area contributed by atoms with Crippen LogP contribution in [0.4, 0.5) is 23.0 Å². The molecule has 0 bridgehead atoms. The van der Waals surface area contributed by atoms with E-state index in [4.69, 9.17) is 23.2 Å². The summed E-state index contributed by atoms with van der Waals surface area (Å²) in [6, 6.07) is 12.5. The van der Waals surface area contributed by atoms with Crippen LogP contribution in [0.15, 0.2) is 74.6 Å². The smallest absolute Gasteiger partial charge is 0.744 e. The molecule has 4 rings (SSSR count). The summed E-state index contributed by atoms with van der Waals surface area (Å²) >= 11 is 11.4. The Balaban J connectivity index is 0.00000253. The molecule has 4 aromatic rings. The fourth-order valence-corrected chi connectivity index (χ4v) is 4.53. The molecule has 1 heterocycles. The molecule has 0 amide bonds. The minimum absolute atomic E-state index is 0. The normalized spacial score (nSPS) is 11.6. The molecule has 38 heavy (non-hydrogen) atoms. The van der Waals surface area contributed by atoms with E-state index in [0.29, 0.717) is 5.69 Å². The molecule has 19 heteroatoms. The molecular formula is C19H11Cl2N7Na2O6S2. The zero-order chi connectivity index (χ0) is 26.1. The van der Waals surface area contributed by atoms with E-state index in [1.54, 1.807) is 30.3 Å². The summed E-state index contributed by atoms with van der Waals surface area (Å²) in [5.74, 6) is -0.327. The Hall–Kier alpha value is -1.47. The molecule has 0 aliphatic carbocycles. The van der Waals surface area contributed by atoms with Gasteiger partial charge < -0.3 is 14.5 Å². The van der Waals surface area contributed by atoms with Gasteiger partial charge in [0.05, 0.1) is 26.9 Å². The van der Waals surface area contributed by atoms with Crippen molar-refractivity contribution >= 4 is 77.2 Å². The second kappa shape index (κ2) is 13.3. The number of halogens is 2. The predicted octanol–water partition coefficient (Wildman–Crippen LogP) is -2.00. The van der Waals surface area contributed by atoms with Crippen LogP contribution in [0, 0.1) is 0 Å².